The van der Waals surface area contributed by atoms with Gasteiger partial charge in [-0.25, -0.2) is 13.7 Å². The van der Waals surface area contributed by atoms with E-state index < -0.39 is 29.1 Å². The van der Waals surface area contributed by atoms with Crippen LogP contribution in [0.5, 0.6) is 0 Å². The lowest BCUT2D eigenvalue weighted by Gasteiger charge is -2.29. The number of nitrogens with two attached hydrogens (primary N) is 1. The van der Waals surface area contributed by atoms with Gasteiger partial charge in [0.05, 0.1) is 5.69 Å². The lowest BCUT2D eigenvalue weighted by molar-refractivity contribution is -0.130. The maximum atomic E-state index is 13.7. The van der Waals surface area contributed by atoms with Crippen molar-refractivity contribution in [3.8, 4) is 0 Å². The molecule has 1 aliphatic rings. The number of halogens is 2. The first kappa shape index (κ1) is 12.5. The van der Waals surface area contributed by atoms with E-state index in [0.29, 0.717) is 4.90 Å². The molecular weight excluding hydrogens is 242 g/mol. The van der Waals surface area contributed by atoms with Crippen LogP contribution in [-0.4, -0.2) is 11.8 Å². The van der Waals surface area contributed by atoms with Crippen molar-refractivity contribution in [2.75, 3.05) is 10.6 Å². The van der Waals surface area contributed by atoms with Gasteiger partial charge in [-0.1, -0.05) is 6.92 Å². The molecule has 1 fully saturated rings. The number of amides is 2. The third-order valence-electron chi connectivity index (χ3n) is 2.87. The predicted molar refractivity (Wildman–Crippen MR) is 61.7 cm³/mol. The summed E-state index contributed by atoms with van der Waals surface area (Å²) in [6, 6.07) is 1.99. The van der Waals surface area contributed by atoms with Crippen LogP contribution in [-0.2, 0) is 9.59 Å². The summed E-state index contributed by atoms with van der Waals surface area (Å²) >= 11 is 0. The summed E-state index contributed by atoms with van der Waals surface area (Å²) in [5.74, 6) is -3.63. The number of piperidine rings is 1. The number of nitrogen functional groups attached to an aromatic ring is 1. The molecule has 1 heterocycles. The molecule has 2 rings (SSSR count). The number of carbonyl (C=O) groups is 2. The number of hydrogen-bond donors (Lipinski definition) is 1. The van der Waals surface area contributed by atoms with Crippen molar-refractivity contribution in [1.29, 1.82) is 0 Å². The van der Waals surface area contributed by atoms with Gasteiger partial charge >= 0.3 is 0 Å². The van der Waals surface area contributed by atoms with E-state index in [1.165, 1.54) is 0 Å². The number of nitrogens with zero attached hydrogens (tertiary/aromatic N) is 1. The molecule has 1 saturated heterocycles. The number of anilines is 2. The summed E-state index contributed by atoms with van der Waals surface area (Å²) in [5.41, 5.74) is 4.92. The maximum Gasteiger partial charge on any atom is 0.234 e. The topological polar surface area (TPSA) is 63.4 Å². The maximum absolute atomic E-state index is 13.7. The van der Waals surface area contributed by atoms with Crippen LogP contribution < -0.4 is 10.6 Å². The van der Waals surface area contributed by atoms with Crippen LogP contribution in [0.4, 0.5) is 20.2 Å². The van der Waals surface area contributed by atoms with Crippen LogP contribution in [0.15, 0.2) is 12.1 Å². The number of carbonyl (C=O) groups excluding carboxylic acids is 2. The minimum absolute atomic E-state index is 0.0981. The summed E-state index contributed by atoms with van der Waals surface area (Å²) in [6.07, 6.45) is 0.224. The Morgan fingerprint density at radius 1 is 1.22 bits per heavy atom. The molecule has 4 nitrogen and oxygen atoms in total. The highest BCUT2D eigenvalue weighted by Crippen LogP contribution is 2.33. The van der Waals surface area contributed by atoms with E-state index in [0.717, 1.165) is 12.1 Å². The molecular formula is C12H12F2N2O2. The average molecular weight is 254 g/mol. The minimum atomic E-state index is -1.27. The van der Waals surface area contributed by atoms with Crippen molar-refractivity contribution in [2.24, 2.45) is 5.92 Å². The van der Waals surface area contributed by atoms with Crippen LogP contribution in [0.1, 0.15) is 19.8 Å². The van der Waals surface area contributed by atoms with Crippen LogP contribution in [0.3, 0.4) is 0 Å². The molecule has 1 aromatic rings. The van der Waals surface area contributed by atoms with Gasteiger partial charge in [0.2, 0.25) is 11.8 Å². The zero-order chi connectivity index (χ0) is 13.4. The third-order valence-corrected chi connectivity index (χ3v) is 2.87. The van der Waals surface area contributed by atoms with Crippen LogP contribution >= 0.6 is 0 Å². The van der Waals surface area contributed by atoms with Crippen molar-refractivity contribution < 1.29 is 18.4 Å². The van der Waals surface area contributed by atoms with Crippen LogP contribution in [0.25, 0.3) is 0 Å². The van der Waals surface area contributed by atoms with Gasteiger partial charge in [-0.15, -0.1) is 0 Å². The van der Waals surface area contributed by atoms with E-state index in [-0.39, 0.29) is 24.4 Å². The zero-order valence-electron chi connectivity index (χ0n) is 9.74. The second-order valence-corrected chi connectivity index (χ2v) is 4.44. The van der Waals surface area contributed by atoms with Crippen molar-refractivity contribution in [3.05, 3.63) is 23.8 Å². The standard InChI is InChI=1S/C12H12F2N2O2/c1-6-4-9(17)16(10(18)5-6)12-8(15)3-2-7(13)11(12)14/h2-3,6H,4-5,15H2,1H3. The summed E-state index contributed by atoms with van der Waals surface area (Å²) in [7, 11) is 0. The fourth-order valence-corrected chi connectivity index (χ4v) is 2.02. The Morgan fingerprint density at radius 3 is 2.33 bits per heavy atom. The smallest absolute Gasteiger partial charge is 0.234 e. The largest absolute Gasteiger partial charge is 0.397 e. The Kier molecular flexibility index (Phi) is 3.02. The van der Waals surface area contributed by atoms with Crippen molar-refractivity contribution in [1.82, 2.24) is 0 Å². The van der Waals surface area contributed by atoms with Gasteiger partial charge in [0, 0.05) is 12.8 Å². The van der Waals surface area contributed by atoms with Gasteiger partial charge < -0.3 is 5.73 Å². The van der Waals surface area contributed by atoms with Crippen LogP contribution in [0.2, 0.25) is 0 Å². The van der Waals surface area contributed by atoms with E-state index in [1.807, 2.05) is 0 Å². The van der Waals surface area contributed by atoms with Gasteiger partial charge in [0.1, 0.15) is 5.69 Å². The first-order valence-electron chi connectivity index (χ1n) is 5.51. The Balaban J connectivity index is 2.51. The van der Waals surface area contributed by atoms with E-state index in [4.69, 9.17) is 5.73 Å². The summed E-state index contributed by atoms with van der Waals surface area (Å²) in [5, 5.41) is 0. The normalized spacial score (nSPS) is 17.4. The Bertz CT molecular complexity index is 513. The molecule has 6 heteroatoms. The molecule has 1 aromatic carbocycles. The molecule has 2 N–H and O–H groups in total. The number of hydrogen-bond acceptors (Lipinski definition) is 3. The first-order chi connectivity index (χ1) is 8.41. The summed E-state index contributed by atoms with van der Waals surface area (Å²) in [6.45, 7) is 1.75. The first-order valence-corrected chi connectivity index (χ1v) is 5.51. The molecule has 0 bridgehead atoms. The molecule has 0 aliphatic carbocycles. The van der Waals surface area contributed by atoms with Crippen LogP contribution in [0, 0.1) is 17.6 Å². The molecule has 0 spiro atoms. The summed E-state index contributed by atoms with van der Waals surface area (Å²) < 4.78 is 26.9. The lowest BCUT2D eigenvalue weighted by Crippen LogP contribution is -2.43. The Morgan fingerprint density at radius 2 is 1.78 bits per heavy atom. The highest BCUT2D eigenvalue weighted by Gasteiger charge is 2.34. The van der Waals surface area contributed by atoms with Gasteiger partial charge in [-0.3, -0.25) is 9.59 Å². The summed E-state index contributed by atoms with van der Waals surface area (Å²) in [4.78, 5) is 24.2. The van der Waals surface area contributed by atoms with E-state index in [9.17, 15) is 18.4 Å². The molecule has 1 aliphatic heterocycles. The predicted octanol–water partition coefficient (Wildman–Crippen LogP) is 1.84. The van der Waals surface area contributed by atoms with Gasteiger partial charge in [-0.2, -0.15) is 0 Å². The quantitative estimate of drug-likeness (QED) is 0.614. The van der Waals surface area contributed by atoms with E-state index in [2.05, 4.69) is 0 Å². The highest BCUT2D eigenvalue weighted by molar-refractivity contribution is 6.18. The molecule has 0 radical (unpaired) electrons. The van der Waals surface area contributed by atoms with E-state index in [1.54, 1.807) is 6.92 Å². The lowest BCUT2D eigenvalue weighted by atomic mass is 9.97. The Hall–Kier alpha value is -1.98. The van der Waals surface area contributed by atoms with Crippen molar-refractivity contribution in [2.45, 2.75) is 19.8 Å². The second-order valence-electron chi connectivity index (χ2n) is 4.44. The minimum Gasteiger partial charge on any atom is -0.397 e. The number of benzene rings is 1. The molecule has 0 saturated carbocycles. The number of imide groups is 1. The highest BCUT2D eigenvalue weighted by atomic mass is 19.2. The fraction of sp³-hybridized carbons (Fsp3) is 0.333. The number of rotatable bonds is 1. The van der Waals surface area contributed by atoms with Gasteiger partial charge in [0.15, 0.2) is 11.6 Å². The molecule has 0 unspecified atom stereocenters. The van der Waals surface area contributed by atoms with Gasteiger partial charge in [0.25, 0.3) is 0 Å². The molecule has 2 amide bonds. The Labute approximate surface area is 102 Å². The van der Waals surface area contributed by atoms with Gasteiger partial charge in [-0.05, 0) is 18.1 Å². The van der Waals surface area contributed by atoms with Crippen molar-refractivity contribution in [3.63, 3.8) is 0 Å². The van der Waals surface area contributed by atoms with E-state index >= 15 is 0 Å². The molecule has 18 heavy (non-hydrogen) atoms. The fourth-order valence-electron chi connectivity index (χ4n) is 2.02. The monoisotopic (exact) mass is 254 g/mol. The SMILES string of the molecule is CC1CC(=O)N(c2c(N)ccc(F)c2F)C(=O)C1. The van der Waals surface area contributed by atoms with Crippen molar-refractivity contribution >= 4 is 23.2 Å². The molecule has 0 aromatic heterocycles. The molecule has 0 atom stereocenters. The molecule has 96 valence electrons. The zero-order valence-corrected chi connectivity index (χ0v) is 9.74. The average Bonchev–Trinajstić information content (AvgIpc) is 2.27. The second kappa shape index (κ2) is 4.36. The third kappa shape index (κ3) is 1.94.